The molecular weight excluding hydrogens is 252 g/mol. The summed E-state index contributed by atoms with van der Waals surface area (Å²) in [6.07, 6.45) is 0.579. The lowest BCUT2D eigenvalue weighted by Gasteiger charge is -2.21. The van der Waals surface area contributed by atoms with Crippen LogP contribution in [0.3, 0.4) is 0 Å². The van der Waals surface area contributed by atoms with Gasteiger partial charge in [-0.25, -0.2) is 4.79 Å². The Labute approximate surface area is 113 Å². The van der Waals surface area contributed by atoms with Crippen molar-refractivity contribution in [3.8, 4) is 0 Å². The highest BCUT2D eigenvalue weighted by Crippen LogP contribution is 2.20. The summed E-state index contributed by atoms with van der Waals surface area (Å²) in [4.78, 5) is 13.6. The third-order valence-corrected chi connectivity index (χ3v) is 3.09. The van der Waals surface area contributed by atoms with Crippen LogP contribution in [0, 0.1) is 6.92 Å². The average Bonchev–Trinajstić information content (AvgIpc) is 2.35. The molecule has 0 bridgehead atoms. The summed E-state index contributed by atoms with van der Waals surface area (Å²) >= 11 is 6.00. The van der Waals surface area contributed by atoms with Gasteiger partial charge in [0, 0.05) is 30.4 Å². The average molecular weight is 271 g/mol. The van der Waals surface area contributed by atoms with Crippen molar-refractivity contribution < 1.29 is 9.90 Å². The summed E-state index contributed by atoms with van der Waals surface area (Å²) < 4.78 is 0. The molecular formula is C13H19ClN2O2. The zero-order valence-electron chi connectivity index (χ0n) is 10.7. The number of aliphatic hydroxyl groups excluding tert-OH is 1. The van der Waals surface area contributed by atoms with Crippen LogP contribution in [0.2, 0.25) is 5.02 Å². The number of nitrogens with zero attached hydrogens (tertiary/aromatic N) is 1. The fourth-order valence-corrected chi connectivity index (χ4v) is 1.72. The molecule has 1 rings (SSSR count). The van der Waals surface area contributed by atoms with Crippen molar-refractivity contribution in [3.63, 3.8) is 0 Å². The maximum absolute atomic E-state index is 11.9. The predicted molar refractivity (Wildman–Crippen MR) is 74.2 cm³/mol. The summed E-state index contributed by atoms with van der Waals surface area (Å²) in [5.74, 6) is 0. The lowest BCUT2D eigenvalue weighted by Crippen LogP contribution is -2.35. The van der Waals surface area contributed by atoms with E-state index in [1.54, 1.807) is 11.0 Å². The largest absolute Gasteiger partial charge is 0.396 e. The van der Waals surface area contributed by atoms with Crippen LogP contribution in [0.5, 0.6) is 0 Å². The topological polar surface area (TPSA) is 52.6 Å². The highest BCUT2D eigenvalue weighted by Gasteiger charge is 2.11. The van der Waals surface area contributed by atoms with Crippen LogP contribution in [0.1, 0.15) is 18.9 Å². The number of halogens is 1. The van der Waals surface area contributed by atoms with Gasteiger partial charge >= 0.3 is 6.03 Å². The Morgan fingerprint density at radius 1 is 1.50 bits per heavy atom. The Morgan fingerprint density at radius 2 is 2.22 bits per heavy atom. The number of carbonyl (C=O) groups is 1. The van der Waals surface area contributed by atoms with Crippen molar-refractivity contribution in [2.75, 3.05) is 25.0 Å². The number of benzene rings is 1. The molecule has 1 aromatic carbocycles. The highest BCUT2D eigenvalue weighted by molar-refractivity contribution is 6.31. The molecule has 0 saturated carbocycles. The van der Waals surface area contributed by atoms with E-state index in [4.69, 9.17) is 16.7 Å². The molecule has 1 aromatic rings. The van der Waals surface area contributed by atoms with Crippen LogP contribution in [0.4, 0.5) is 10.5 Å². The lowest BCUT2D eigenvalue weighted by atomic mass is 10.2. The second kappa shape index (κ2) is 7.24. The van der Waals surface area contributed by atoms with Gasteiger partial charge in [0.15, 0.2) is 0 Å². The second-order valence-corrected chi connectivity index (χ2v) is 4.46. The number of hydrogen-bond acceptors (Lipinski definition) is 2. The molecule has 100 valence electrons. The second-order valence-electron chi connectivity index (χ2n) is 4.05. The van der Waals surface area contributed by atoms with E-state index < -0.39 is 0 Å². The maximum Gasteiger partial charge on any atom is 0.321 e. The maximum atomic E-state index is 11.9. The van der Waals surface area contributed by atoms with Crippen LogP contribution in [-0.4, -0.2) is 35.7 Å². The summed E-state index contributed by atoms with van der Waals surface area (Å²) in [5, 5.41) is 12.2. The number of aliphatic hydroxyl groups is 1. The number of anilines is 1. The van der Waals surface area contributed by atoms with E-state index in [9.17, 15) is 4.79 Å². The number of amides is 2. The highest BCUT2D eigenvalue weighted by atomic mass is 35.5. The summed E-state index contributed by atoms with van der Waals surface area (Å²) in [6, 6.07) is 5.24. The molecule has 4 nitrogen and oxygen atoms in total. The van der Waals surface area contributed by atoms with Gasteiger partial charge < -0.3 is 15.3 Å². The summed E-state index contributed by atoms with van der Waals surface area (Å²) in [5.41, 5.74) is 1.65. The first-order valence-electron chi connectivity index (χ1n) is 6.01. The minimum Gasteiger partial charge on any atom is -0.396 e. The van der Waals surface area contributed by atoms with Crippen molar-refractivity contribution in [1.82, 2.24) is 4.90 Å². The first-order chi connectivity index (χ1) is 8.58. The van der Waals surface area contributed by atoms with Crippen molar-refractivity contribution in [1.29, 1.82) is 0 Å². The summed E-state index contributed by atoms with van der Waals surface area (Å²) in [6.45, 7) is 5.04. The fourth-order valence-electron chi connectivity index (χ4n) is 1.54. The zero-order valence-corrected chi connectivity index (χ0v) is 11.5. The van der Waals surface area contributed by atoms with Crippen LogP contribution in [-0.2, 0) is 0 Å². The van der Waals surface area contributed by atoms with Crippen molar-refractivity contribution >= 4 is 23.3 Å². The molecule has 0 radical (unpaired) electrons. The molecule has 18 heavy (non-hydrogen) atoms. The number of urea groups is 1. The van der Waals surface area contributed by atoms with E-state index in [0.717, 1.165) is 5.56 Å². The van der Waals surface area contributed by atoms with Gasteiger partial charge in [-0.1, -0.05) is 17.7 Å². The Morgan fingerprint density at radius 3 is 2.78 bits per heavy atom. The van der Waals surface area contributed by atoms with E-state index in [2.05, 4.69) is 5.32 Å². The number of nitrogens with one attached hydrogen (secondary N) is 1. The third-order valence-electron chi connectivity index (χ3n) is 2.68. The molecule has 2 N–H and O–H groups in total. The molecule has 0 spiro atoms. The molecule has 2 amide bonds. The molecule has 0 atom stereocenters. The van der Waals surface area contributed by atoms with E-state index in [1.807, 2.05) is 26.0 Å². The molecule has 0 aliphatic carbocycles. The SMILES string of the molecule is CCN(CCCO)C(=O)Nc1ccc(C)c(Cl)c1. The van der Waals surface area contributed by atoms with Crippen molar-refractivity contribution in [2.45, 2.75) is 20.3 Å². The molecule has 0 fully saturated rings. The standard InChI is InChI=1S/C13H19ClN2O2/c1-3-16(7-4-8-17)13(18)15-11-6-5-10(2)12(14)9-11/h5-6,9,17H,3-4,7-8H2,1-2H3,(H,15,18). The van der Waals surface area contributed by atoms with E-state index in [-0.39, 0.29) is 12.6 Å². The fraction of sp³-hybridized carbons (Fsp3) is 0.462. The van der Waals surface area contributed by atoms with Gasteiger partial charge in [0.25, 0.3) is 0 Å². The zero-order chi connectivity index (χ0) is 13.5. The first kappa shape index (κ1) is 14.8. The monoisotopic (exact) mass is 270 g/mol. The van der Waals surface area contributed by atoms with Gasteiger partial charge in [0.1, 0.15) is 0 Å². The van der Waals surface area contributed by atoms with Crippen LogP contribution in [0.15, 0.2) is 18.2 Å². The summed E-state index contributed by atoms with van der Waals surface area (Å²) in [7, 11) is 0. The van der Waals surface area contributed by atoms with Crippen LogP contribution < -0.4 is 5.32 Å². The molecule has 0 heterocycles. The molecule has 5 heteroatoms. The molecule has 0 aliphatic rings. The normalized spacial score (nSPS) is 10.2. The van der Waals surface area contributed by atoms with Gasteiger partial charge in [-0.15, -0.1) is 0 Å². The Bertz CT molecular complexity index is 410. The van der Waals surface area contributed by atoms with Crippen molar-refractivity contribution in [2.24, 2.45) is 0 Å². The van der Waals surface area contributed by atoms with Crippen LogP contribution in [0.25, 0.3) is 0 Å². The first-order valence-corrected chi connectivity index (χ1v) is 6.39. The Balaban J connectivity index is 2.64. The molecule has 0 aliphatic heterocycles. The Kier molecular flexibility index (Phi) is 5.95. The van der Waals surface area contributed by atoms with Crippen molar-refractivity contribution in [3.05, 3.63) is 28.8 Å². The van der Waals surface area contributed by atoms with Crippen LogP contribution >= 0.6 is 11.6 Å². The minimum absolute atomic E-state index is 0.0835. The van der Waals surface area contributed by atoms with E-state index >= 15 is 0 Å². The van der Waals surface area contributed by atoms with Gasteiger partial charge in [0.05, 0.1) is 0 Å². The Hall–Kier alpha value is -1.26. The lowest BCUT2D eigenvalue weighted by molar-refractivity contribution is 0.205. The van der Waals surface area contributed by atoms with Gasteiger partial charge in [-0.05, 0) is 38.0 Å². The molecule has 0 unspecified atom stereocenters. The number of aryl methyl sites for hydroxylation is 1. The van der Waals surface area contributed by atoms with Gasteiger partial charge in [-0.3, -0.25) is 0 Å². The molecule has 0 aromatic heterocycles. The quantitative estimate of drug-likeness (QED) is 0.864. The van der Waals surface area contributed by atoms with E-state index in [0.29, 0.717) is 30.2 Å². The number of rotatable bonds is 5. The third kappa shape index (κ3) is 4.20. The van der Waals surface area contributed by atoms with Gasteiger partial charge in [0.2, 0.25) is 0 Å². The minimum atomic E-state index is -0.175. The van der Waals surface area contributed by atoms with E-state index in [1.165, 1.54) is 0 Å². The molecule has 0 saturated heterocycles. The number of hydrogen-bond donors (Lipinski definition) is 2. The smallest absolute Gasteiger partial charge is 0.321 e. The predicted octanol–water partition coefficient (Wildman–Crippen LogP) is 2.88. The number of carbonyl (C=O) groups excluding carboxylic acids is 1. The van der Waals surface area contributed by atoms with Gasteiger partial charge in [-0.2, -0.15) is 0 Å².